The number of aromatic nitrogens is 2. The van der Waals surface area contributed by atoms with Crippen LogP contribution in [-0.2, 0) is 16.6 Å². The molecule has 0 aliphatic heterocycles. The standard InChI is InChI=1S/C12H12IN3O4S/c13-11-3-2-9(8-10(11)12(17)18)21(19,20)15-5-7-16-6-1-4-14-16/h1-4,6,8,15H,5,7H2,(H,17,18). The maximum atomic E-state index is 12.1. The molecule has 0 saturated carbocycles. The van der Waals surface area contributed by atoms with Gasteiger partial charge >= 0.3 is 5.97 Å². The van der Waals surface area contributed by atoms with Crippen LogP contribution in [0.3, 0.4) is 0 Å². The molecule has 0 aliphatic carbocycles. The van der Waals surface area contributed by atoms with Gasteiger partial charge in [-0.3, -0.25) is 4.68 Å². The van der Waals surface area contributed by atoms with Crippen LogP contribution in [0.1, 0.15) is 10.4 Å². The Bertz CT molecular complexity index is 744. The predicted molar refractivity (Wildman–Crippen MR) is 83.5 cm³/mol. The maximum Gasteiger partial charge on any atom is 0.336 e. The highest BCUT2D eigenvalue weighted by Gasteiger charge is 2.17. The van der Waals surface area contributed by atoms with Gasteiger partial charge in [0.25, 0.3) is 0 Å². The van der Waals surface area contributed by atoms with Crippen LogP contribution >= 0.6 is 22.6 Å². The lowest BCUT2D eigenvalue weighted by Gasteiger charge is -2.08. The van der Waals surface area contributed by atoms with E-state index in [0.29, 0.717) is 10.1 Å². The lowest BCUT2D eigenvalue weighted by Crippen LogP contribution is -2.27. The Morgan fingerprint density at radius 3 is 2.81 bits per heavy atom. The Labute approximate surface area is 135 Å². The number of sulfonamides is 1. The number of nitrogens with one attached hydrogen (secondary N) is 1. The van der Waals surface area contributed by atoms with Crippen LogP contribution in [0.2, 0.25) is 0 Å². The Morgan fingerprint density at radius 1 is 1.43 bits per heavy atom. The molecule has 1 aromatic carbocycles. The normalized spacial score (nSPS) is 11.5. The minimum absolute atomic E-state index is 0.0365. The highest BCUT2D eigenvalue weighted by atomic mass is 127. The SMILES string of the molecule is O=C(O)c1cc(S(=O)(=O)NCCn2cccn2)ccc1I. The van der Waals surface area contributed by atoms with Crippen molar-refractivity contribution in [3.05, 3.63) is 45.8 Å². The van der Waals surface area contributed by atoms with E-state index >= 15 is 0 Å². The zero-order chi connectivity index (χ0) is 15.5. The van der Waals surface area contributed by atoms with E-state index in [9.17, 15) is 13.2 Å². The quantitative estimate of drug-likeness (QED) is 0.682. The Morgan fingerprint density at radius 2 is 2.19 bits per heavy atom. The average Bonchev–Trinajstić information content (AvgIpc) is 2.91. The van der Waals surface area contributed by atoms with Gasteiger partial charge in [-0.25, -0.2) is 17.9 Å². The molecule has 1 aromatic heterocycles. The molecule has 0 bridgehead atoms. The van der Waals surface area contributed by atoms with Crippen LogP contribution in [0.15, 0.2) is 41.6 Å². The predicted octanol–water partition coefficient (Wildman–Crippen LogP) is 1.16. The largest absolute Gasteiger partial charge is 0.478 e. The monoisotopic (exact) mass is 421 g/mol. The molecule has 0 aliphatic rings. The lowest BCUT2D eigenvalue weighted by molar-refractivity contribution is 0.0695. The molecule has 112 valence electrons. The molecule has 1 heterocycles. The molecule has 0 radical (unpaired) electrons. The number of carboxylic acid groups (broad SMARTS) is 1. The van der Waals surface area contributed by atoms with Crippen molar-refractivity contribution in [2.75, 3.05) is 6.54 Å². The molecule has 0 saturated heterocycles. The van der Waals surface area contributed by atoms with Crippen molar-refractivity contribution in [2.45, 2.75) is 11.4 Å². The van der Waals surface area contributed by atoms with E-state index in [0.717, 1.165) is 6.07 Å². The van der Waals surface area contributed by atoms with Gasteiger partial charge in [0, 0.05) is 22.5 Å². The van der Waals surface area contributed by atoms with Gasteiger partial charge in [-0.05, 0) is 46.9 Å². The van der Waals surface area contributed by atoms with Gasteiger partial charge in [0.2, 0.25) is 10.0 Å². The van der Waals surface area contributed by atoms with Gasteiger partial charge in [0.15, 0.2) is 0 Å². The summed E-state index contributed by atoms with van der Waals surface area (Å²) in [6.07, 6.45) is 3.33. The molecule has 9 heteroatoms. The molecule has 0 fully saturated rings. The van der Waals surface area contributed by atoms with Gasteiger partial charge in [-0.1, -0.05) is 0 Å². The topological polar surface area (TPSA) is 101 Å². The highest BCUT2D eigenvalue weighted by molar-refractivity contribution is 14.1. The van der Waals surface area contributed by atoms with Gasteiger partial charge in [-0.15, -0.1) is 0 Å². The van der Waals surface area contributed by atoms with Gasteiger partial charge in [-0.2, -0.15) is 5.10 Å². The van der Waals surface area contributed by atoms with Crippen molar-refractivity contribution < 1.29 is 18.3 Å². The summed E-state index contributed by atoms with van der Waals surface area (Å²) in [5, 5.41) is 13.0. The van der Waals surface area contributed by atoms with Crippen molar-refractivity contribution >= 4 is 38.6 Å². The van der Waals surface area contributed by atoms with Crippen molar-refractivity contribution in [2.24, 2.45) is 0 Å². The molecule has 2 aromatic rings. The van der Waals surface area contributed by atoms with E-state index in [1.807, 2.05) is 22.6 Å². The van der Waals surface area contributed by atoms with Crippen molar-refractivity contribution in [3.8, 4) is 0 Å². The second-order valence-corrected chi connectivity index (χ2v) is 7.04. The number of rotatable bonds is 6. The number of hydrogen-bond donors (Lipinski definition) is 2. The molecule has 7 nitrogen and oxygen atoms in total. The van der Waals surface area contributed by atoms with Crippen molar-refractivity contribution in [1.29, 1.82) is 0 Å². The van der Waals surface area contributed by atoms with E-state index in [-0.39, 0.29) is 17.0 Å². The van der Waals surface area contributed by atoms with E-state index in [1.54, 1.807) is 23.1 Å². The average molecular weight is 421 g/mol. The van der Waals surface area contributed by atoms with E-state index < -0.39 is 16.0 Å². The summed E-state index contributed by atoms with van der Waals surface area (Å²) >= 11 is 1.85. The first kappa shape index (κ1) is 15.9. The molecule has 2 rings (SSSR count). The number of benzene rings is 1. The first-order chi connectivity index (χ1) is 9.90. The summed E-state index contributed by atoms with van der Waals surface area (Å²) in [5.74, 6) is -1.16. The summed E-state index contributed by atoms with van der Waals surface area (Å²) in [6, 6.07) is 5.74. The summed E-state index contributed by atoms with van der Waals surface area (Å²) in [7, 11) is -3.74. The van der Waals surface area contributed by atoms with E-state index in [2.05, 4.69) is 9.82 Å². The van der Waals surface area contributed by atoms with E-state index in [4.69, 9.17) is 5.11 Å². The summed E-state index contributed by atoms with van der Waals surface area (Å²) < 4.78 is 28.7. The van der Waals surface area contributed by atoms with Crippen molar-refractivity contribution in [3.63, 3.8) is 0 Å². The molecule has 0 atom stereocenters. The maximum absolute atomic E-state index is 12.1. The number of halogens is 1. The number of carbonyl (C=O) groups is 1. The smallest absolute Gasteiger partial charge is 0.336 e. The summed E-state index contributed by atoms with van der Waals surface area (Å²) in [4.78, 5) is 11.0. The molecule has 21 heavy (non-hydrogen) atoms. The highest BCUT2D eigenvalue weighted by Crippen LogP contribution is 2.17. The molecule has 0 spiro atoms. The van der Waals surface area contributed by atoms with Gasteiger partial charge in [0.1, 0.15) is 0 Å². The fraction of sp³-hybridized carbons (Fsp3) is 0.167. The number of hydrogen-bond acceptors (Lipinski definition) is 4. The zero-order valence-electron chi connectivity index (χ0n) is 10.7. The van der Waals surface area contributed by atoms with E-state index in [1.165, 1.54) is 12.1 Å². The third-order valence-electron chi connectivity index (χ3n) is 2.67. The third kappa shape index (κ3) is 4.02. The van der Waals surface area contributed by atoms with Crippen LogP contribution in [-0.4, -0.2) is 35.8 Å². The first-order valence-electron chi connectivity index (χ1n) is 5.90. The molecule has 0 unspecified atom stereocenters. The zero-order valence-corrected chi connectivity index (χ0v) is 13.7. The lowest BCUT2D eigenvalue weighted by atomic mass is 10.2. The summed E-state index contributed by atoms with van der Waals surface area (Å²) in [6.45, 7) is 0.556. The Kier molecular flexibility index (Phi) is 4.96. The fourth-order valence-electron chi connectivity index (χ4n) is 1.65. The summed E-state index contributed by atoms with van der Waals surface area (Å²) in [5.41, 5.74) is -0.0365. The number of carboxylic acids is 1. The van der Waals surface area contributed by atoms with Crippen LogP contribution in [0, 0.1) is 3.57 Å². The third-order valence-corrected chi connectivity index (χ3v) is 5.07. The molecular formula is C12H12IN3O4S. The number of nitrogens with zero attached hydrogens (tertiary/aromatic N) is 2. The molecule has 2 N–H and O–H groups in total. The van der Waals surface area contributed by atoms with Crippen LogP contribution in [0.5, 0.6) is 0 Å². The van der Waals surface area contributed by atoms with Crippen molar-refractivity contribution in [1.82, 2.24) is 14.5 Å². The Balaban J connectivity index is 2.12. The Hall–Kier alpha value is -1.46. The molecular weight excluding hydrogens is 409 g/mol. The number of aromatic carboxylic acids is 1. The van der Waals surface area contributed by atoms with Crippen LogP contribution < -0.4 is 4.72 Å². The van der Waals surface area contributed by atoms with Gasteiger partial charge in [0.05, 0.1) is 17.0 Å². The minimum Gasteiger partial charge on any atom is -0.478 e. The van der Waals surface area contributed by atoms with Crippen LogP contribution in [0.25, 0.3) is 0 Å². The minimum atomic E-state index is -3.74. The second kappa shape index (κ2) is 6.54. The van der Waals surface area contributed by atoms with Crippen LogP contribution in [0.4, 0.5) is 0 Å². The first-order valence-corrected chi connectivity index (χ1v) is 8.46. The van der Waals surface area contributed by atoms with Gasteiger partial charge < -0.3 is 5.11 Å². The molecule has 0 amide bonds. The fourth-order valence-corrected chi connectivity index (χ4v) is 3.26. The second-order valence-electron chi connectivity index (χ2n) is 4.11.